The lowest BCUT2D eigenvalue weighted by atomic mass is 10.1. The zero-order chi connectivity index (χ0) is 13.0. The third-order valence-corrected chi connectivity index (χ3v) is 3.06. The van der Waals surface area contributed by atoms with Crippen LogP contribution in [0.3, 0.4) is 0 Å². The van der Waals surface area contributed by atoms with Crippen molar-refractivity contribution in [2.24, 2.45) is 0 Å². The van der Waals surface area contributed by atoms with Crippen LogP contribution < -0.4 is 5.11 Å². The van der Waals surface area contributed by atoms with Gasteiger partial charge in [0.25, 0.3) is 5.22 Å². The molecule has 0 saturated heterocycles. The molecular weight excluding hydrogens is 252 g/mol. The van der Waals surface area contributed by atoms with Gasteiger partial charge in [0.15, 0.2) is 0 Å². The molecule has 2 aromatic rings. The van der Waals surface area contributed by atoms with Crippen molar-refractivity contribution in [2.75, 3.05) is 5.75 Å². The van der Waals surface area contributed by atoms with E-state index in [9.17, 15) is 9.90 Å². The zero-order valence-electron chi connectivity index (χ0n) is 9.75. The Bertz CT molecular complexity index is 537. The van der Waals surface area contributed by atoms with Gasteiger partial charge in [-0.15, -0.1) is 10.2 Å². The van der Waals surface area contributed by atoms with Crippen LogP contribution in [-0.4, -0.2) is 21.9 Å². The Labute approximate surface area is 108 Å². The van der Waals surface area contributed by atoms with Crippen LogP contribution >= 0.6 is 11.8 Å². The number of benzene rings is 1. The number of carbonyl (C=O) groups is 1. The van der Waals surface area contributed by atoms with E-state index >= 15 is 0 Å². The van der Waals surface area contributed by atoms with Crippen molar-refractivity contribution in [3.8, 4) is 11.5 Å². The number of carboxylic acids is 1. The van der Waals surface area contributed by atoms with Gasteiger partial charge >= 0.3 is 0 Å². The van der Waals surface area contributed by atoms with Crippen LogP contribution in [-0.2, 0) is 4.79 Å². The second-order valence-corrected chi connectivity index (χ2v) is 4.76. The molecule has 0 fully saturated rings. The van der Waals surface area contributed by atoms with Crippen molar-refractivity contribution < 1.29 is 14.3 Å². The molecule has 0 radical (unpaired) electrons. The Morgan fingerprint density at radius 2 is 2.06 bits per heavy atom. The Morgan fingerprint density at radius 1 is 1.33 bits per heavy atom. The van der Waals surface area contributed by atoms with E-state index in [1.54, 1.807) is 0 Å². The van der Waals surface area contributed by atoms with Gasteiger partial charge in [0.1, 0.15) is 0 Å². The molecule has 18 heavy (non-hydrogen) atoms. The third-order valence-electron chi connectivity index (χ3n) is 2.24. The normalized spacial score (nSPS) is 10.5. The number of aromatic nitrogens is 2. The monoisotopic (exact) mass is 263 g/mol. The first-order valence-electron chi connectivity index (χ1n) is 5.38. The lowest BCUT2D eigenvalue weighted by Crippen LogP contribution is -2.22. The summed E-state index contributed by atoms with van der Waals surface area (Å²) < 4.78 is 5.42. The van der Waals surface area contributed by atoms with Crippen molar-refractivity contribution in [3.63, 3.8) is 0 Å². The number of aryl methyl sites for hydroxylation is 1. The maximum Gasteiger partial charge on any atom is 0.276 e. The van der Waals surface area contributed by atoms with Gasteiger partial charge in [-0.25, -0.2) is 0 Å². The number of hydrogen-bond donors (Lipinski definition) is 0. The molecule has 1 aromatic heterocycles. The second kappa shape index (κ2) is 5.68. The van der Waals surface area contributed by atoms with Crippen LogP contribution in [0, 0.1) is 6.92 Å². The molecule has 2 rings (SSSR count). The fourth-order valence-electron chi connectivity index (χ4n) is 1.30. The van der Waals surface area contributed by atoms with Gasteiger partial charge in [0.2, 0.25) is 5.89 Å². The summed E-state index contributed by atoms with van der Waals surface area (Å²) in [6.07, 6.45) is -0.0348. The van der Waals surface area contributed by atoms with Crippen molar-refractivity contribution in [2.45, 2.75) is 18.6 Å². The van der Waals surface area contributed by atoms with Crippen LogP contribution in [0.5, 0.6) is 0 Å². The Morgan fingerprint density at radius 3 is 2.72 bits per heavy atom. The molecular formula is C12H11N2O3S-. The molecule has 0 bridgehead atoms. The quantitative estimate of drug-likeness (QED) is 0.756. The third kappa shape index (κ3) is 3.33. The van der Waals surface area contributed by atoms with Gasteiger partial charge in [0.05, 0.1) is 0 Å². The van der Waals surface area contributed by atoms with Crippen molar-refractivity contribution in [1.29, 1.82) is 0 Å². The van der Waals surface area contributed by atoms with Gasteiger partial charge in [-0.05, 0) is 25.5 Å². The SMILES string of the molecule is Cc1ccc(-c2nnc(SCCC(=O)[O-])o2)cc1. The Balaban J connectivity index is 2.01. The highest BCUT2D eigenvalue weighted by atomic mass is 32.2. The number of thioether (sulfide) groups is 1. The van der Waals surface area contributed by atoms with E-state index in [4.69, 9.17) is 4.42 Å². The first-order valence-corrected chi connectivity index (χ1v) is 6.37. The van der Waals surface area contributed by atoms with E-state index in [0.29, 0.717) is 16.9 Å². The first kappa shape index (κ1) is 12.6. The van der Waals surface area contributed by atoms with Crippen LogP contribution in [0.1, 0.15) is 12.0 Å². The lowest BCUT2D eigenvalue weighted by Gasteiger charge is -1.98. The molecule has 0 atom stereocenters. The van der Waals surface area contributed by atoms with Crippen molar-refractivity contribution in [3.05, 3.63) is 29.8 Å². The van der Waals surface area contributed by atoms with Gasteiger partial charge in [-0.2, -0.15) is 0 Å². The molecule has 0 N–H and O–H groups in total. The fourth-order valence-corrected chi connectivity index (χ4v) is 1.98. The van der Waals surface area contributed by atoms with Gasteiger partial charge in [0, 0.05) is 17.3 Å². The molecule has 0 aliphatic heterocycles. The average Bonchev–Trinajstić information content (AvgIpc) is 2.78. The molecule has 6 heteroatoms. The molecule has 0 aliphatic rings. The maximum absolute atomic E-state index is 10.3. The lowest BCUT2D eigenvalue weighted by molar-refractivity contribution is -0.305. The number of carbonyl (C=O) groups excluding carboxylic acids is 1. The minimum absolute atomic E-state index is 0.0348. The summed E-state index contributed by atoms with van der Waals surface area (Å²) in [7, 11) is 0. The number of aliphatic carboxylic acids is 1. The number of nitrogens with zero attached hydrogens (tertiary/aromatic N) is 2. The molecule has 0 saturated carbocycles. The number of rotatable bonds is 5. The van der Waals surface area contributed by atoms with Crippen LogP contribution in [0.4, 0.5) is 0 Å². The van der Waals surface area contributed by atoms with Gasteiger partial charge in [-0.3, -0.25) is 0 Å². The van der Waals surface area contributed by atoms with E-state index in [1.165, 1.54) is 11.8 Å². The second-order valence-electron chi connectivity index (χ2n) is 3.71. The highest BCUT2D eigenvalue weighted by Gasteiger charge is 2.08. The highest BCUT2D eigenvalue weighted by Crippen LogP contribution is 2.23. The number of hydrogen-bond acceptors (Lipinski definition) is 6. The summed E-state index contributed by atoms with van der Waals surface area (Å²) in [6.45, 7) is 2.00. The summed E-state index contributed by atoms with van der Waals surface area (Å²) in [5.41, 5.74) is 2.00. The minimum atomic E-state index is -1.08. The van der Waals surface area contributed by atoms with E-state index in [-0.39, 0.29) is 6.42 Å². The van der Waals surface area contributed by atoms with Gasteiger partial charge < -0.3 is 14.3 Å². The van der Waals surface area contributed by atoms with Crippen LogP contribution in [0.25, 0.3) is 11.5 Å². The largest absolute Gasteiger partial charge is 0.550 e. The summed E-state index contributed by atoms with van der Waals surface area (Å²) in [4.78, 5) is 10.3. The predicted molar refractivity (Wildman–Crippen MR) is 64.8 cm³/mol. The topological polar surface area (TPSA) is 79.0 Å². The predicted octanol–water partition coefficient (Wildman–Crippen LogP) is 1.28. The molecule has 1 aromatic carbocycles. The number of carboxylic acid groups (broad SMARTS) is 1. The standard InChI is InChI=1S/C12H12N2O3S/c1-8-2-4-9(5-3-8)11-13-14-12(17-11)18-7-6-10(15)16/h2-5H,6-7H2,1H3,(H,15,16)/p-1. The Hall–Kier alpha value is -1.82. The van der Waals surface area contributed by atoms with Crippen LogP contribution in [0.2, 0.25) is 0 Å². The summed E-state index contributed by atoms with van der Waals surface area (Å²) >= 11 is 1.21. The minimum Gasteiger partial charge on any atom is -0.550 e. The average molecular weight is 263 g/mol. The van der Waals surface area contributed by atoms with E-state index < -0.39 is 5.97 Å². The summed E-state index contributed by atoms with van der Waals surface area (Å²) in [6, 6.07) is 7.72. The smallest absolute Gasteiger partial charge is 0.276 e. The van der Waals surface area contributed by atoms with E-state index in [2.05, 4.69) is 10.2 Å². The molecule has 1 heterocycles. The molecule has 0 spiro atoms. The zero-order valence-corrected chi connectivity index (χ0v) is 10.6. The van der Waals surface area contributed by atoms with E-state index in [0.717, 1.165) is 11.1 Å². The molecule has 0 aliphatic carbocycles. The maximum atomic E-state index is 10.3. The van der Waals surface area contributed by atoms with E-state index in [1.807, 2.05) is 31.2 Å². The molecule has 5 nitrogen and oxygen atoms in total. The molecule has 0 amide bonds. The van der Waals surface area contributed by atoms with Crippen molar-refractivity contribution in [1.82, 2.24) is 10.2 Å². The fraction of sp³-hybridized carbons (Fsp3) is 0.250. The first-order chi connectivity index (χ1) is 8.65. The van der Waals surface area contributed by atoms with Gasteiger partial charge in [-0.1, -0.05) is 29.5 Å². The van der Waals surface area contributed by atoms with Crippen LogP contribution in [0.15, 0.2) is 33.9 Å². The summed E-state index contributed by atoms with van der Waals surface area (Å²) in [5, 5.41) is 18.4. The molecule has 94 valence electrons. The molecule has 0 unspecified atom stereocenters. The highest BCUT2D eigenvalue weighted by molar-refractivity contribution is 7.99. The summed E-state index contributed by atoms with van der Waals surface area (Å²) in [5.74, 6) is -0.288. The van der Waals surface area contributed by atoms with Crippen molar-refractivity contribution >= 4 is 17.7 Å². The Kier molecular flexibility index (Phi) is 3.99.